The van der Waals surface area contributed by atoms with Crippen molar-refractivity contribution in [2.24, 2.45) is 5.73 Å². The molecule has 0 aliphatic carbocycles. The summed E-state index contributed by atoms with van der Waals surface area (Å²) in [6.07, 6.45) is 0. The van der Waals surface area contributed by atoms with Crippen molar-refractivity contribution in [3.05, 3.63) is 94.9 Å². The maximum Gasteiger partial charge on any atom is 0.273 e. The lowest BCUT2D eigenvalue weighted by molar-refractivity contribution is 0.0943. The van der Waals surface area contributed by atoms with E-state index in [9.17, 15) is 13.6 Å². The number of hydrogen-bond acceptors (Lipinski definition) is 7. The molecule has 1 heterocycles. The standard InChI is InChI=1S/C28H27F2N3O5/c1-16(31)26-25(27(34)32-14-19-6-8-20(29)13-22(19)30)33-28(38-26)18-7-11-23(36-3)24(12-18)37-15-17-4-9-21(35-2)10-5-17/h4-13,16H,14-15,31H2,1-3H3,(H,32,34)/t16-/m0/s1. The van der Waals surface area contributed by atoms with E-state index in [0.717, 1.165) is 23.4 Å². The third-order valence-electron chi connectivity index (χ3n) is 5.70. The normalized spacial score (nSPS) is 11.6. The summed E-state index contributed by atoms with van der Waals surface area (Å²) in [6.45, 7) is 1.75. The Morgan fingerprint density at radius 1 is 1.03 bits per heavy atom. The highest BCUT2D eigenvalue weighted by Crippen LogP contribution is 2.34. The SMILES string of the molecule is COc1ccc(COc2cc(-c3nc(C(=O)NCc4ccc(F)cc4F)c([C@H](C)N)o3)ccc2OC)cc1. The van der Waals surface area contributed by atoms with Gasteiger partial charge in [-0.25, -0.2) is 13.8 Å². The molecule has 0 saturated heterocycles. The molecule has 0 fully saturated rings. The lowest BCUT2D eigenvalue weighted by Gasteiger charge is -2.12. The molecule has 1 aromatic heterocycles. The van der Waals surface area contributed by atoms with Gasteiger partial charge in [-0.1, -0.05) is 18.2 Å². The second kappa shape index (κ2) is 11.7. The highest BCUT2D eigenvalue weighted by molar-refractivity contribution is 5.94. The number of amides is 1. The average molecular weight is 524 g/mol. The van der Waals surface area contributed by atoms with Crippen LogP contribution >= 0.6 is 0 Å². The Kier molecular flexibility index (Phi) is 8.22. The fraction of sp³-hybridized carbons (Fsp3) is 0.214. The van der Waals surface area contributed by atoms with Crippen molar-refractivity contribution in [3.8, 4) is 28.7 Å². The lowest BCUT2D eigenvalue weighted by Crippen LogP contribution is -2.25. The van der Waals surface area contributed by atoms with Crippen molar-refractivity contribution >= 4 is 5.91 Å². The molecule has 0 radical (unpaired) electrons. The van der Waals surface area contributed by atoms with Crippen LogP contribution < -0.4 is 25.3 Å². The predicted molar refractivity (Wildman–Crippen MR) is 136 cm³/mol. The molecule has 1 amide bonds. The minimum absolute atomic E-state index is 0.0333. The summed E-state index contributed by atoms with van der Waals surface area (Å²) in [4.78, 5) is 17.3. The first-order valence-electron chi connectivity index (χ1n) is 11.7. The molecule has 0 unspecified atom stereocenters. The van der Waals surface area contributed by atoms with Crippen LogP contribution in [0, 0.1) is 11.6 Å². The summed E-state index contributed by atoms with van der Waals surface area (Å²) in [6, 6.07) is 15.0. The van der Waals surface area contributed by atoms with Crippen molar-refractivity contribution in [1.82, 2.24) is 10.3 Å². The number of carbonyl (C=O) groups is 1. The molecule has 0 aliphatic rings. The van der Waals surface area contributed by atoms with Crippen molar-refractivity contribution in [2.75, 3.05) is 14.2 Å². The molecule has 198 valence electrons. The Bertz CT molecular complexity index is 1420. The first kappa shape index (κ1) is 26.6. The van der Waals surface area contributed by atoms with E-state index in [-0.39, 0.29) is 36.1 Å². The summed E-state index contributed by atoms with van der Waals surface area (Å²) in [5.41, 5.74) is 7.57. The number of benzene rings is 3. The Hall–Kier alpha value is -4.44. The van der Waals surface area contributed by atoms with E-state index in [2.05, 4.69) is 10.3 Å². The van der Waals surface area contributed by atoms with Gasteiger partial charge in [-0.2, -0.15) is 0 Å². The maximum absolute atomic E-state index is 14.0. The Morgan fingerprint density at radius 2 is 1.79 bits per heavy atom. The van der Waals surface area contributed by atoms with E-state index in [0.29, 0.717) is 17.1 Å². The zero-order chi connectivity index (χ0) is 27.2. The average Bonchev–Trinajstić information content (AvgIpc) is 3.37. The van der Waals surface area contributed by atoms with Crippen LogP contribution in [-0.2, 0) is 13.2 Å². The fourth-order valence-corrected chi connectivity index (χ4v) is 3.66. The maximum atomic E-state index is 14.0. The number of hydrogen-bond donors (Lipinski definition) is 2. The van der Waals surface area contributed by atoms with Gasteiger partial charge < -0.3 is 29.7 Å². The van der Waals surface area contributed by atoms with Crippen molar-refractivity contribution in [2.45, 2.75) is 26.1 Å². The number of methoxy groups -OCH3 is 2. The van der Waals surface area contributed by atoms with E-state index in [1.54, 1.807) is 32.2 Å². The zero-order valence-electron chi connectivity index (χ0n) is 21.1. The van der Waals surface area contributed by atoms with Crippen LogP contribution in [0.25, 0.3) is 11.5 Å². The zero-order valence-corrected chi connectivity index (χ0v) is 21.1. The van der Waals surface area contributed by atoms with Gasteiger partial charge in [0.25, 0.3) is 5.91 Å². The van der Waals surface area contributed by atoms with E-state index in [1.807, 2.05) is 24.3 Å². The van der Waals surface area contributed by atoms with Crippen LogP contribution in [0.2, 0.25) is 0 Å². The lowest BCUT2D eigenvalue weighted by atomic mass is 10.2. The number of ether oxygens (including phenoxy) is 3. The van der Waals surface area contributed by atoms with Crippen LogP contribution in [0.1, 0.15) is 40.3 Å². The number of nitrogens with two attached hydrogens (primary N) is 1. The number of nitrogens with zero attached hydrogens (tertiary/aromatic N) is 1. The highest BCUT2D eigenvalue weighted by Gasteiger charge is 2.24. The van der Waals surface area contributed by atoms with Gasteiger partial charge in [-0.05, 0) is 48.9 Å². The summed E-state index contributed by atoms with van der Waals surface area (Å²) >= 11 is 0. The molecule has 4 aromatic rings. The van der Waals surface area contributed by atoms with E-state index in [1.165, 1.54) is 13.2 Å². The van der Waals surface area contributed by atoms with Crippen molar-refractivity contribution in [1.29, 1.82) is 0 Å². The third-order valence-corrected chi connectivity index (χ3v) is 5.70. The summed E-state index contributed by atoms with van der Waals surface area (Å²) in [7, 11) is 3.13. The quantitative estimate of drug-likeness (QED) is 0.295. The Labute approximate surface area is 218 Å². The molecular formula is C28H27F2N3O5. The Balaban J connectivity index is 1.55. The van der Waals surface area contributed by atoms with Gasteiger partial charge in [0.2, 0.25) is 5.89 Å². The molecule has 3 N–H and O–H groups in total. The Morgan fingerprint density at radius 3 is 2.45 bits per heavy atom. The molecule has 10 heteroatoms. The molecular weight excluding hydrogens is 496 g/mol. The second-order valence-corrected chi connectivity index (χ2v) is 8.44. The molecule has 38 heavy (non-hydrogen) atoms. The second-order valence-electron chi connectivity index (χ2n) is 8.44. The first-order chi connectivity index (χ1) is 18.3. The number of nitrogens with one attached hydrogen (secondary N) is 1. The molecule has 0 bridgehead atoms. The molecule has 3 aromatic carbocycles. The third kappa shape index (κ3) is 6.09. The van der Waals surface area contributed by atoms with Crippen molar-refractivity contribution in [3.63, 3.8) is 0 Å². The van der Waals surface area contributed by atoms with Crippen LogP contribution in [0.3, 0.4) is 0 Å². The molecule has 0 spiro atoms. The van der Waals surface area contributed by atoms with Crippen LogP contribution in [0.15, 0.2) is 65.1 Å². The number of oxazole rings is 1. The van der Waals surface area contributed by atoms with Gasteiger partial charge in [-0.15, -0.1) is 0 Å². The van der Waals surface area contributed by atoms with E-state index >= 15 is 0 Å². The molecule has 1 atom stereocenters. The van der Waals surface area contributed by atoms with E-state index in [4.69, 9.17) is 24.4 Å². The summed E-state index contributed by atoms with van der Waals surface area (Å²) in [5, 5.41) is 2.58. The van der Waals surface area contributed by atoms with Gasteiger partial charge in [0, 0.05) is 23.7 Å². The summed E-state index contributed by atoms with van der Waals surface area (Å²) < 4.78 is 49.6. The van der Waals surface area contributed by atoms with Crippen LogP contribution in [0.4, 0.5) is 8.78 Å². The van der Waals surface area contributed by atoms with E-state index < -0.39 is 23.6 Å². The molecule has 0 saturated carbocycles. The van der Waals surface area contributed by atoms with Gasteiger partial charge in [0.05, 0.1) is 20.3 Å². The topological polar surface area (TPSA) is 109 Å². The van der Waals surface area contributed by atoms with Crippen LogP contribution in [-0.4, -0.2) is 25.1 Å². The predicted octanol–water partition coefficient (Wildman–Crippen LogP) is 5.17. The summed E-state index contributed by atoms with van der Waals surface area (Å²) in [5.74, 6) is -0.0882. The minimum atomic E-state index is -0.765. The number of aromatic nitrogens is 1. The smallest absolute Gasteiger partial charge is 0.273 e. The van der Waals surface area contributed by atoms with Gasteiger partial charge in [0.1, 0.15) is 24.0 Å². The number of carbonyl (C=O) groups excluding carboxylic acids is 1. The molecule has 4 rings (SSSR count). The van der Waals surface area contributed by atoms with Gasteiger partial charge in [-0.3, -0.25) is 4.79 Å². The first-order valence-corrected chi connectivity index (χ1v) is 11.7. The highest BCUT2D eigenvalue weighted by atomic mass is 19.1. The van der Waals surface area contributed by atoms with Gasteiger partial charge >= 0.3 is 0 Å². The number of rotatable bonds is 10. The fourth-order valence-electron chi connectivity index (χ4n) is 3.66. The number of halogens is 2. The molecule has 0 aliphatic heterocycles. The largest absolute Gasteiger partial charge is 0.497 e. The minimum Gasteiger partial charge on any atom is -0.497 e. The van der Waals surface area contributed by atoms with Gasteiger partial charge in [0.15, 0.2) is 23.0 Å². The monoisotopic (exact) mass is 523 g/mol. The van der Waals surface area contributed by atoms with Crippen molar-refractivity contribution < 1.29 is 32.2 Å². The molecule has 8 nitrogen and oxygen atoms in total. The van der Waals surface area contributed by atoms with Crippen LogP contribution in [0.5, 0.6) is 17.2 Å².